The molecule has 2 N–H and O–H groups in total. The molecule has 4 nitrogen and oxygen atoms in total. The molecule has 0 radical (unpaired) electrons. The van der Waals surface area contributed by atoms with Gasteiger partial charge in [-0.25, -0.2) is 4.68 Å². The van der Waals surface area contributed by atoms with Crippen molar-refractivity contribution in [2.45, 2.75) is 46.0 Å². The summed E-state index contributed by atoms with van der Waals surface area (Å²) < 4.78 is 1.77. The fourth-order valence-corrected chi connectivity index (χ4v) is 3.58. The molecular formula is C18H23N3O. The van der Waals surface area contributed by atoms with Crippen molar-refractivity contribution >= 4 is 5.91 Å². The van der Waals surface area contributed by atoms with Crippen LogP contribution < -0.4 is 5.73 Å². The van der Waals surface area contributed by atoms with Crippen LogP contribution in [0.25, 0.3) is 5.69 Å². The zero-order chi connectivity index (χ0) is 16.3. The summed E-state index contributed by atoms with van der Waals surface area (Å²) >= 11 is 0. The molecule has 0 spiro atoms. The van der Waals surface area contributed by atoms with Crippen LogP contribution >= 0.6 is 0 Å². The van der Waals surface area contributed by atoms with E-state index in [1.165, 1.54) is 17.3 Å². The van der Waals surface area contributed by atoms with E-state index >= 15 is 0 Å². The molecule has 1 aliphatic rings. The van der Waals surface area contributed by atoms with Crippen molar-refractivity contribution in [2.24, 2.45) is 11.1 Å². The maximum Gasteiger partial charge on any atom is 0.251 e. The average Bonchev–Trinajstić information content (AvgIpc) is 2.99. The Morgan fingerprint density at radius 3 is 2.55 bits per heavy atom. The Morgan fingerprint density at radius 1 is 1.27 bits per heavy atom. The van der Waals surface area contributed by atoms with E-state index in [1.807, 2.05) is 0 Å². The molecule has 1 unspecified atom stereocenters. The first-order chi connectivity index (χ1) is 10.2. The molecule has 0 saturated carbocycles. The first kappa shape index (κ1) is 14.8. The molecule has 3 rings (SSSR count). The summed E-state index contributed by atoms with van der Waals surface area (Å²) in [5.41, 5.74) is 9.71. The van der Waals surface area contributed by atoms with Gasteiger partial charge in [-0.05, 0) is 33.9 Å². The number of aromatic nitrogens is 2. The fraction of sp³-hybridized carbons (Fsp3) is 0.444. The van der Waals surface area contributed by atoms with Gasteiger partial charge in [-0.3, -0.25) is 4.79 Å². The number of rotatable bonds is 2. The quantitative estimate of drug-likeness (QED) is 0.923. The number of carbonyl (C=O) groups is 1. The van der Waals surface area contributed by atoms with Gasteiger partial charge in [-0.2, -0.15) is 5.10 Å². The van der Waals surface area contributed by atoms with Gasteiger partial charge in [0.1, 0.15) is 0 Å². The number of hydrogen-bond donors (Lipinski definition) is 1. The largest absolute Gasteiger partial charge is 0.366 e. The number of primary amides is 1. The summed E-state index contributed by atoms with van der Waals surface area (Å²) in [7, 11) is 0. The molecular weight excluding hydrogens is 274 g/mol. The molecule has 22 heavy (non-hydrogen) atoms. The number of benzene rings is 1. The van der Waals surface area contributed by atoms with E-state index in [-0.39, 0.29) is 10.8 Å². The number of hydrogen-bond acceptors (Lipinski definition) is 2. The number of amides is 1. The summed E-state index contributed by atoms with van der Waals surface area (Å²) in [6, 6.07) is 6.34. The minimum atomic E-state index is -0.451. The van der Waals surface area contributed by atoms with Crippen molar-refractivity contribution in [1.29, 1.82) is 0 Å². The summed E-state index contributed by atoms with van der Waals surface area (Å²) in [6.45, 7) is 11.5. The Hall–Kier alpha value is -2.10. The molecule has 4 heteroatoms. The minimum Gasteiger partial charge on any atom is -0.366 e. The predicted molar refractivity (Wildman–Crippen MR) is 87.3 cm³/mol. The normalized spacial score (nSPS) is 21.6. The van der Waals surface area contributed by atoms with Gasteiger partial charge in [0.25, 0.3) is 5.91 Å². The third-order valence-electron chi connectivity index (χ3n) is 6.00. The van der Waals surface area contributed by atoms with Crippen LogP contribution in [0, 0.1) is 5.41 Å². The van der Waals surface area contributed by atoms with Crippen LogP contribution in [0.2, 0.25) is 0 Å². The van der Waals surface area contributed by atoms with E-state index < -0.39 is 5.91 Å². The second-order valence-electron chi connectivity index (χ2n) is 7.34. The minimum absolute atomic E-state index is 0.0808. The van der Waals surface area contributed by atoms with Crippen molar-refractivity contribution in [3.8, 4) is 5.69 Å². The third kappa shape index (κ3) is 1.76. The van der Waals surface area contributed by atoms with Crippen LogP contribution in [0.1, 0.15) is 62.0 Å². The molecule has 0 aliphatic heterocycles. The second-order valence-corrected chi connectivity index (χ2v) is 7.34. The Morgan fingerprint density at radius 2 is 1.95 bits per heavy atom. The zero-order valence-electron chi connectivity index (χ0n) is 13.8. The van der Waals surface area contributed by atoms with Crippen LogP contribution in [-0.2, 0) is 5.41 Å². The van der Waals surface area contributed by atoms with Crippen molar-refractivity contribution < 1.29 is 4.79 Å². The molecule has 1 aromatic carbocycles. The van der Waals surface area contributed by atoms with Crippen molar-refractivity contribution in [1.82, 2.24) is 9.78 Å². The van der Waals surface area contributed by atoms with Crippen molar-refractivity contribution in [2.75, 3.05) is 0 Å². The third-order valence-corrected chi connectivity index (χ3v) is 6.00. The Kier molecular flexibility index (Phi) is 3.00. The molecule has 1 atom stereocenters. The highest BCUT2D eigenvalue weighted by atomic mass is 16.1. The van der Waals surface area contributed by atoms with Gasteiger partial charge in [-0.15, -0.1) is 0 Å². The van der Waals surface area contributed by atoms with E-state index in [0.29, 0.717) is 11.5 Å². The summed E-state index contributed by atoms with van der Waals surface area (Å²) in [5.74, 6) is -0.0533. The van der Waals surface area contributed by atoms with Gasteiger partial charge in [0.05, 0.1) is 17.4 Å². The molecule has 1 aliphatic carbocycles. The monoisotopic (exact) mass is 297 g/mol. The lowest BCUT2D eigenvalue weighted by molar-refractivity contribution is 0.100. The van der Waals surface area contributed by atoms with Crippen LogP contribution in [0.4, 0.5) is 0 Å². The standard InChI is InChI=1S/C18H23N3O/c1-11-15-13(18(4,5)17(11,2)3)7-6-8-14(15)21-10-12(9-20-21)16(19)22/h6-11H,1-5H3,(H2,19,22). The van der Waals surface area contributed by atoms with Crippen LogP contribution in [0.5, 0.6) is 0 Å². The number of nitrogens with zero attached hydrogens (tertiary/aromatic N) is 2. The Balaban J connectivity index is 2.22. The van der Waals surface area contributed by atoms with Crippen LogP contribution in [0.15, 0.2) is 30.6 Å². The van der Waals surface area contributed by atoms with Gasteiger partial charge in [-0.1, -0.05) is 46.8 Å². The van der Waals surface area contributed by atoms with Gasteiger partial charge in [0.15, 0.2) is 0 Å². The lowest BCUT2D eigenvalue weighted by Gasteiger charge is -2.38. The van der Waals surface area contributed by atoms with Gasteiger partial charge < -0.3 is 5.73 Å². The SMILES string of the molecule is CC1c2c(-n3cc(C(N)=O)cn3)cccc2C(C)(C)C1(C)C. The highest BCUT2D eigenvalue weighted by molar-refractivity contribution is 5.92. The average molecular weight is 297 g/mol. The van der Waals surface area contributed by atoms with Gasteiger partial charge in [0, 0.05) is 6.20 Å². The Bertz CT molecular complexity index is 755. The molecule has 1 amide bonds. The smallest absolute Gasteiger partial charge is 0.251 e. The molecule has 1 heterocycles. The molecule has 0 fully saturated rings. The van der Waals surface area contributed by atoms with E-state index in [2.05, 4.69) is 57.9 Å². The van der Waals surface area contributed by atoms with E-state index in [1.54, 1.807) is 10.9 Å². The fourth-order valence-electron chi connectivity index (χ4n) is 3.58. The lowest BCUT2D eigenvalue weighted by atomic mass is 9.65. The maximum absolute atomic E-state index is 11.3. The molecule has 0 saturated heterocycles. The zero-order valence-corrected chi connectivity index (χ0v) is 13.8. The lowest BCUT2D eigenvalue weighted by Crippen LogP contribution is -2.33. The number of fused-ring (bicyclic) bond motifs is 1. The predicted octanol–water partition coefficient (Wildman–Crippen LogP) is 3.39. The first-order valence-electron chi connectivity index (χ1n) is 7.66. The van der Waals surface area contributed by atoms with Gasteiger partial charge in [0.2, 0.25) is 0 Å². The van der Waals surface area contributed by atoms with E-state index in [9.17, 15) is 4.79 Å². The molecule has 1 aromatic heterocycles. The number of carbonyl (C=O) groups excluding carboxylic acids is 1. The van der Waals surface area contributed by atoms with Crippen molar-refractivity contribution in [3.05, 3.63) is 47.3 Å². The van der Waals surface area contributed by atoms with E-state index in [4.69, 9.17) is 5.73 Å². The highest BCUT2D eigenvalue weighted by Gasteiger charge is 2.51. The summed E-state index contributed by atoms with van der Waals surface area (Å²) in [4.78, 5) is 11.3. The topological polar surface area (TPSA) is 60.9 Å². The summed E-state index contributed by atoms with van der Waals surface area (Å²) in [5, 5.41) is 4.33. The van der Waals surface area contributed by atoms with E-state index in [0.717, 1.165) is 5.69 Å². The first-order valence-corrected chi connectivity index (χ1v) is 7.66. The summed E-state index contributed by atoms with van der Waals surface area (Å²) in [6.07, 6.45) is 3.24. The van der Waals surface area contributed by atoms with Crippen LogP contribution in [0.3, 0.4) is 0 Å². The number of nitrogens with two attached hydrogens (primary N) is 1. The molecule has 116 valence electrons. The maximum atomic E-state index is 11.3. The van der Waals surface area contributed by atoms with Crippen molar-refractivity contribution in [3.63, 3.8) is 0 Å². The van der Waals surface area contributed by atoms with Crippen LogP contribution in [-0.4, -0.2) is 15.7 Å². The second kappa shape index (κ2) is 4.45. The van der Waals surface area contributed by atoms with Gasteiger partial charge >= 0.3 is 0 Å². The molecule has 0 bridgehead atoms. The highest BCUT2D eigenvalue weighted by Crippen LogP contribution is 2.59. The Labute approximate surface area is 131 Å². The molecule has 2 aromatic rings.